The van der Waals surface area contributed by atoms with Crippen LogP contribution in [0.4, 0.5) is 0 Å². The second-order valence-corrected chi connectivity index (χ2v) is 7.05. The van der Waals surface area contributed by atoms with E-state index in [1.54, 1.807) is 0 Å². The molecule has 88 valence electrons. The quantitative estimate of drug-likeness (QED) is 0.662. The van der Waals surface area contributed by atoms with Gasteiger partial charge in [0, 0.05) is 38.3 Å². The Bertz CT molecular complexity index is 306. The van der Waals surface area contributed by atoms with E-state index in [2.05, 4.69) is 23.6 Å². The Kier molecular flexibility index (Phi) is 3.05. The molecule has 0 N–H and O–H groups in total. The van der Waals surface area contributed by atoms with E-state index in [-0.39, 0.29) is 0 Å². The van der Waals surface area contributed by atoms with E-state index in [4.69, 9.17) is 0 Å². The first-order valence-corrected chi connectivity index (χ1v) is 7.48. The van der Waals surface area contributed by atoms with Gasteiger partial charge in [0.1, 0.15) is 0 Å². The first-order chi connectivity index (χ1) is 6.98. The third-order valence-corrected chi connectivity index (χ3v) is 5.27. The predicted molar refractivity (Wildman–Crippen MR) is 60.7 cm³/mol. The molecule has 0 radical (unpaired) electrons. The number of rotatable bonds is 2. The highest BCUT2D eigenvalue weighted by molar-refractivity contribution is 7.92. The molecular weight excluding hydrogens is 212 g/mol. The van der Waals surface area contributed by atoms with E-state index in [0.717, 1.165) is 26.2 Å². The van der Waals surface area contributed by atoms with Crippen molar-refractivity contribution in [2.24, 2.45) is 0 Å². The monoisotopic (exact) mass is 232 g/mol. The van der Waals surface area contributed by atoms with Crippen molar-refractivity contribution in [3.63, 3.8) is 0 Å². The van der Waals surface area contributed by atoms with Crippen LogP contribution < -0.4 is 0 Å². The lowest BCUT2D eigenvalue weighted by Crippen LogP contribution is -2.59. The van der Waals surface area contributed by atoms with E-state index < -0.39 is 9.84 Å². The molecule has 2 fully saturated rings. The van der Waals surface area contributed by atoms with Crippen molar-refractivity contribution in [3.8, 4) is 0 Å². The summed E-state index contributed by atoms with van der Waals surface area (Å²) in [7, 11) is -2.67. The Hall–Kier alpha value is -0.130. The lowest BCUT2D eigenvalue weighted by Gasteiger charge is -2.43. The molecule has 15 heavy (non-hydrogen) atoms. The summed E-state index contributed by atoms with van der Waals surface area (Å²) >= 11 is 0. The second kappa shape index (κ2) is 4.03. The maximum absolute atomic E-state index is 11.1. The van der Waals surface area contributed by atoms with Gasteiger partial charge in [-0.25, -0.2) is 8.42 Å². The molecule has 2 heterocycles. The summed E-state index contributed by atoms with van der Waals surface area (Å²) in [4.78, 5) is 4.78. The number of sulfone groups is 1. The molecule has 0 bridgehead atoms. The summed E-state index contributed by atoms with van der Waals surface area (Å²) in [5, 5.41) is 0. The summed E-state index contributed by atoms with van der Waals surface area (Å²) in [5.74, 6) is 0.767. The molecule has 2 saturated heterocycles. The van der Waals surface area contributed by atoms with Crippen LogP contribution in [0.3, 0.4) is 0 Å². The highest BCUT2D eigenvalue weighted by atomic mass is 32.2. The summed E-state index contributed by atoms with van der Waals surface area (Å²) in [6, 6.07) is 0.918. The van der Waals surface area contributed by atoms with Crippen molar-refractivity contribution in [2.75, 3.05) is 37.7 Å². The van der Waals surface area contributed by atoms with Gasteiger partial charge < -0.3 is 0 Å². The Morgan fingerprint density at radius 3 is 2.00 bits per heavy atom. The highest BCUT2D eigenvalue weighted by Crippen LogP contribution is 2.19. The molecule has 0 spiro atoms. The molecule has 0 aromatic carbocycles. The second-order valence-electron chi connectivity index (χ2n) is 4.90. The zero-order valence-electron chi connectivity index (χ0n) is 9.52. The van der Waals surface area contributed by atoms with Crippen molar-refractivity contribution < 1.29 is 8.42 Å². The standard InChI is InChI=1S/C10H20N2O2S/c1-9(2)11-3-5-12(6-4-11)10-7-15(13,14)8-10/h9-10H,3-8H2,1-2H3. The molecule has 0 aliphatic carbocycles. The molecule has 4 nitrogen and oxygen atoms in total. The first-order valence-electron chi connectivity index (χ1n) is 5.66. The van der Waals surface area contributed by atoms with Crippen LogP contribution in [0.25, 0.3) is 0 Å². The smallest absolute Gasteiger partial charge is 0.153 e. The zero-order chi connectivity index (χ0) is 11.1. The molecule has 0 saturated carbocycles. The van der Waals surface area contributed by atoms with Crippen molar-refractivity contribution >= 4 is 9.84 Å². The van der Waals surface area contributed by atoms with Gasteiger partial charge in [0.25, 0.3) is 0 Å². The summed E-state index contributed by atoms with van der Waals surface area (Å²) in [6.45, 7) is 8.63. The van der Waals surface area contributed by atoms with Gasteiger partial charge >= 0.3 is 0 Å². The molecule has 0 aromatic rings. The molecule has 0 amide bonds. The zero-order valence-corrected chi connectivity index (χ0v) is 10.3. The predicted octanol–water partition coefficient (Wildman–Crippen LogP) is -0.191. The van der Waals surface area contributed by atoms with Gasteiger partial charge in [0.15, 0.2) is 9.84 Å². The van der Waals surface area contributed by atoms with Gasteiger partial charge in [-0.15, -0.1) is 0 Å². The van der Waals surface area contributed by atoms with Crippen LogP contribution in [0.1, 0.15) is 13.8 Å². The SMILES string of the molecule is CC(C)N1CCN(C2CS(=O)(=O)C2)CC1. The Labute approximate surface area is 92.2 Å². The van der Waals surface area contributed by atoms with Crippen molar-refractivity contribution in [1.29, 1.82) is 0 Å². The van der Waals surface area contributed by atoms with Gasteiger partial charge in [-0.2, -0.15) is 0 Å². The van der Waals surface area contributed by atoms with Crippen LogP contribution in [0.5, 0.6) is 0 Å². The number of piperazine rings is 1. The van der Waals surface area contributed by atoms with Crippen LogP contribution in [0.2, 0.25) is 0 Å². The lowest BCUT2D eigenvalue weighted by atomic mass is 10.2. The molecule has 2 aliphatic heterocycles. The van der Waals surface area contributed by atoms with Gasteiger partial charge in [-0.3, -0.25) is 9.80 Å². The van der Waals surface area contributed by atoms with Crippen molar-refractivity contribution in [1.82, 2.24) is 9.80 Å². The third kappa shape index (κ3) is 2.52. The molecule has 5 heteroatoms. The van der Waals surface area contributed by atoms with Gasteiger partial charge in [-0.05, 0) is 13.8 Å². The average Bonchev–Trinajstić information content (AvgIpc) is 2.14. The normalized spacial score (nSPS) is 29.3. The Morgan fingerprint density at radius 2 is 1.60 bits per heavy atom. The molecule has 2 rings (SSSR count). The van der Waals surface area contributed by atoms with Crippen LogP contribution in [0, 0.1) is 0 Å². The van der Waals surface area contributed by atoms with Crippen molar-refractivity contribution in [3.05, 3.63) is 0 Å². The first kappa shape index (κ1) is 11.4. The fourth-order valence-corrected chi connectivity index (χ4v) is 3.86. The molecule has 0 unspecified atom stereocenters. The number of hydrogen-bond donors (Lipinski definition) is 0. The summed E-state index contributed by atoms with van der Waals surface area (Å²) < 4.78 is 22.2. The topological polar surface area (TPSA) is 40.6 Å². The minimum absolute atomic E-state index is 0.310. The van der Waals surface area contributed by atoms with Crippen molar-refractivity contribution in [2.45, 2.75) is 25.9 Å². The fourth-order valence-electron chi connectivity index (χ4n) is 2.37. The fraction of sp³-hybridized carbons (Fsp3) is 1.00. The van der Waals surface area contributed by atoms with Crippen LogP contribution in [-0.4, -0.2) is 68.0 Å². The maximum atomic E-state index is 11.1. The maximum Gasteiger partial charge on any atom is 0.153 e. The number of hydrogen-bond acceptors (Lipinski definition) is 4. The average molecular weight is 232 g/mol. The largest absolute Gasteiger partial charge is 0.298 e. The molecular formula is C10H20N2O2S. The summed E-state index contributed by atoms with van der Waals surface area (Å²) in [5.41, 5.74) is 0. The highest BCUT2D eigenvalue weighted by Gasteiger charge is 2.38. The minimum Gasteiger partial charge on any atom is -0.298 e. The minimum atomic E-state index is -2.67. The van der Waals surface area contributed by atoms with Crippen LogP contribution in [0.15, 0.2) is 0 Å². The Morgan fingerprint density at radius 1 is 1.07 bits per heavy atom. The van der Waals surface area contributed by atoms with Crippen LogP contribution >= 0.6 is 0 Å². The third-order valence-electron chi connectivity index (χ3n) is 3.49. The van der Waals surface area contributed by atoms with E-state index in [1.807, 2.05) is 0 Å². The van der Waals surface area contributed by atoms with E-state index >= 15 is 0 Å². The number of nitrogens with zero attached hydrogens (tertiary/aromatic N) is 2. The van der Waals surface area contributed by atoms with Gasteiger partial charge in [0.2, 0.25) is 0 Å². The van der Waals surface area contributed by atoms with E-state index in [1.165, 1.54) is 0 Å². The Balaban J connectivity index is 1.80. The molecule has 0 aromatic heterocycles. The summed E-state index contributed by atoms with van der Waals surface area (Å²) in [6.07, 6.45) is 0. The molecule has 2 aliphatic rings. The van der Waals surface area contributed by atoms with E-state index in [0.29, 0.717) is 23.6 Å². The van der Waals surface area contributed by atoms with E-state index in [9.17, 15) is 8.42 Å². The van der Waals surface area contributed by atoms with Gasteiger partial charge in [-0.1, -0.05) is 0 Å². The van der Waals surface area contributed by atoms with Crippen LogP contribution in [-0.2, 0) is 9.84 Å². The van der Waals surface area contributed by atoms with Gasteiger partial charge in [0.05, 0.1) is 11.5 Å². The molecule has 0 atom stereocenters. The lowest BCUT2D eigenvalue weighted by molar-refractivity contribution is 0.0863.